The average Bonchev–Trinajstić information content (AvgIpc) is 2.66. The van der Waals surface area contributed by atoms with Crippen molar-refractivity contribution in [1.29, 1.82) is 0 Å². The summed E-state index contributed by atoms with van der Waals surface area (Å²) in [5, 5.41) is 0.552. The van der Waals surface area contributed by atoms with Crippen molar-refractivity contribution in [3.05, 3.63) is 70.1 Å². The van der Waals surface area contributed by atoms with Gasteiger partial charge in [-0.3, -0.25) is 4.79 Å². The molecule has 26 heavy (non-hydrogen) atoms. The molecular formula is C22H22O4. The molecule has 0 unspecified atom stereocenters. The summed E-state index contributed by atoms with van der Waals surface area (Å²) >= 11 is 0. The molecular weight excluding hydrogens is 328 g/mol. The molecule has 134 valence electrons. The number of ether oxygens (including phenoxy) is 2. The Morgan fingerprint density at radius 1 is 1.08 bits per heavy atom. The zero-order valence-corrected chi connectivity index (χ0v) is 15.5. The van der Waals surface area contributed by atoms with E-state index in [1.165, 1.54) is 11.8 Å². The van der Waals surface area contributed by atoms with E-state index in [-0.39, 0.29) is 5.43 Å². The van der Waals surface area contributed by atoms with Gasteiger partial charge in [-0.1, -0.05) is 23.8 Å². The van der Waals surface area contributed by atoms with Gasteiger partial charge >= 0.3 is 0 Å². The first-order chi connectivity index (χ1) is 12.5. The van der Waals surface area contributed by atoms with Gasteiger partial charge in [0.05, 0.1) is 25.2 Å². The molecule has 0 amide bonds. The minimum atomic E-state index is -0.0579. The number of rotatable bonds is 5. The highest BCUT2D eigenvalue weighted by Crippen LogP contribution is 2.28. The molecule has 0 fully saturated rings. The topological polar surface area (TPSA) is 48.7 Å². The Labute approximate surface area is 152 Å². The fourth-order valence-electron chi connectivity index (χ4n) is 2.84. The zero-order chi connectivity index (χ0) is 18.7. The van der Waals surface area contributed by atoms with Crippen molar-refractivity contribution < 1.29 is 13.9 Å². The lowest BCUT2D eigenvalue weighted by molar-refractivity contribution is 0.410. The van der Waals surface area contributed by atoms with Crippen LogP contribution in [0.1, 0.15) is 19.4 Å². The van der Waals surface area contributed by atoms with Crippen LogP contribution in [0.3, 0.4) is 0 Å². The lowest BCUT2D eigenvalue weighted by atomic mass is 10.0. The first kappa shape index (κ1) is 17.8. The van der Waals surface area contributed by atoms with E-state index in [0.717, 1.165) is 22.6 Å². The largest absolute Gasteiger partial charge is 0.497 e. The van der Waals surface area contributed by atoms with Gasteiger partial charge in [0.25, 0.3) is 0 Å². The minimum Gasteiger partial charge on any atom is -0.497 e. The second-order valence-corrected chi connectivity index (χ2v) is 6.35. The second-order valence-electron chi connectivity index (χ2n) is 6.35. The van der Waals surface area contributed by atoms with E-state index >= 15 is 0 Å². The molecule has 4 nitrogen and oxygen atoms in total. The average molecular weight is 350 g/mol. The number of methoxy groups -OCH3 is 2. The summed E-state index contributed by atoms with van der Waals surface area (Å²) in [5.74, 6) is 1.46. The Hall–Kier alpha value is -3.01. The molecule has 1 aromatic heterocycles. The third-order valence-electron chi connectivity index (χ3n) is 4.31. The molecule has 1 heterocycles. The molecule has 0 saturated heterocycles. The maximum absolute atomic E-state index is 13.0. The van der Waals surface area contributed by atoms with Crippen molar-refractivity contribution in [2.75, 3.05) is 14.2 Å². The van der Waals surface area contributed by atoms with Gasteiger partial charge in [-0.15, -0.1) is 0 Å². The highest BCUT2D eigenvalue weighted by molar-refractivity contribution is 5.83. The van der Waals surface area contributed by atoms with Crippen LogP contribution < -0.4 is 14.9 Å². The van der Waals surface area contributed by atoms with Crippen molar-refractivity contribution in [3.63, 3.8) is 0 Å². The van der Waals surface area contributed by atoms with Gasteiger partial charge in [0, 0.05) is 6.07 Å². The van der Waals surface area contributed by atoms with Crippen LogP contribution in [0.25, 0.3) is 22.1 Å². The normalized spacial score (nSPS) is 10.6. The summed E-state index contributed by atoms with van der Waals surface area (Å²) in [7, 11) is 3.23. The monoisotopic (exact) mass is 350 g/mol. The molecule has 0 spiro atoms. The lowest BCUT2D eigenvalue weighted by Crippen LogP contribution is -2.06. The number of benzene rings is 2. The fourth-order valence-corrected chi connectivity index (χ4v) is 2.84. The first-order valence-electron chi connectivity index (χ1n) is 8.43. The van der Waals surface area contributed by atoms with Crippen LogP contribution in [0, 0.1) is 0 Å². The minimum absolute atomic E-state index is 0.0579. The molecule has 0 aliphatic carbocycles. The molecule has 0 aliphatic heterocycles. The third kappa shape index (κ3) is 3.49. The maximum atomic E-state index is 13.0. The molecule has 0 atom stereocenters. The van der Waals surface area contributed by atoms with Gasteiger partial charge in [-0.25, -0.2) is 0 Å². The highest BCUT2D eigenvalue weighted by atomic mass is 16.5. The number of fused-ring (bicyclic) bond motifs is 1. The smallest absolute Gasteiger partial charge is 0.200 e. The molecule has 0 aliphatic rings. The molecule has 0 bridgehead atoms. The zero-order valence-electron chi connectivity index (χ0n) is 15.5. The van der Waals surface area contributed by atoms with Crippen molar-refractivity contribution in [2.24, 2.45) is 0 Å². The van der Waals surface area contributed by atoms with E-state index in [4.69, 9.17) is 13.9 Å². The number of hydrogen-bond donors (Lipinski definition) is 0. The number of allylic oxidation sites excluding steroid dienone is 2. The van der Waals surface area contributed by atoms with Crippen LogP contribution in [0.4, 0.5) is 0 Å². The van der Waals surface area contributed by atoms with E-state index in [0.29, 0.717) is 23.0 Å². The standard InChI is InChI=1S/C22H22O4/c1-14(2)5-6-16-11-18-21(12-20(16)25-4)26-13-19(22(18)23)15-7-9-17(24-3)10-8-15/h5,7-13H,6H2,1-4H3. The van der Waals surface area contributed by atoms with Crippen LogP contribution in [0.15, 0.2) is 63.5 Å². The summed E-state index contributed by atoms with van der Waals surface area (Å²) in [6.45, 7) is 4.09. The predicted molar refractivity (Wildman–Crippen MR) is 104 cm³/mol. The van der Waals surface area contributed by atoms with Crippen LogP contribution in [-0.2, 0) is 6.42 Å². The molecule has 2 aromatic carbocycles. The first-order valence-corrected chi connectivity index (χ1v) is 8.43. The van der Waals surface area contributed by atoms with Crippen molar-refractivity contribution in [2.45, 2.75) is 20.3 Å². The van der Waals surface area contributed by atoms with Crippen molar-refractivity contribution >= 4 is 11.0 Å². The quantitative estimate of drug-likeness (QED) is 0.609. The molecule has 3 aromatic rings. The summed E-state index contributed by atoms with van der Waals surface area (Å²) < 4.78 is 16.4. The fraction of sp³-hybridized carbons (Fsp3) is 0.227. The van der Waals surface area contributed by atoms with E-state index in [2.05, 4.69) is 6.08 Å². The SMILES string of the molecule is COc1ccc(-c2coc3cc(OC)c(CC=C(C)C)cc3c2=O)cc1. The summed E-state index contributed by atoms with van der Waals surface area (Å²) in [4.78, 5) is 13.0. The predicted octanol–water partition coefficient (Wildman–Crippen LogP) is 4.99. The Bertz CT molecular complexity index is 1010. The third-order valence-corrected chi connectivity index (χ3v) is 4.31. The molecule has 3 rings (SSSR count). The molecule has 0 N–H and O–H groups in total. The van der Waals surface area contributed by atoms with Gasteiger partial charge in [0.15, 0.2) is 0 Å². The van der Waals surface area contributed by atoms with Crippen molar-refractivity contribution in [3.8, 4) is 22.6 Å². The van der Waals surface area contributed by atoms with Gasteiger partial charge in [-0.2, -0.15) is 0 Å². The maximum Gasteiger partial charge on any atom is 0.200 e. The van der Waals surface area contributed by atoms with E-state index in [1.54, 1.807) is 20.3 Å². The lowest BCUT2D eigenvalue weighted by Gasteiger charge is -2.10. The van der Waals surface area contributed by atoms with Crippen LogP contribution in [0.5, 0.6) is 11.5 Å². The van der Waals surface area contributed by atoms with Crippen LogP contribution >= 0.6 is 0 Å². The van der Waals surface area contributed by atoms with Crippen LogP contribution in [0.2, 0.25) is 0 Å². The van der Waals surface area contributed by atoms with Gasteiger partial charge in [-0.05, 0) is 49.6 Å². The number of hydrogen-bond acceptors (Lipinski definition) is 4. The van der Waals surface area contributed by atoms with Crippen LogP contribution in [-0.4, -0.2) is 14.2 Å². The van der Waals surface area contributed by atoms with E-state index in [1.807, 2.05) is 44.2 Å². The highest BCUT2D eigenvalue weighted by Gasteiger charge is 2.13. The van der Waals surface area contributed by atoms with E-state index < -0.39 is 0 Å². The Morgan fingerprint density at radius 3 is 2.42 bits per heavy atom. The Morgan fingerprint density at radius 2 is 1.81 bits per heavy atom. The molecule has 0 saturated carbocycles. The molecule has 4 heteroatoms. The van der Waals surface area contributed by atoms with Gasteiger partial charge in [0.2, 0.25) is 5.43 Å². The van der Waals surface area contributed by atoms with E-state index in [9.17, 15) is 4.79 Å². The van der Waals surface area contributed by atoms with Gasteiger partial charge in [0.1, 0.15) is 23.3 Å². The Balaban J connectivity index is 2.14. The summed E-state index contributed by atoms with van der Waals surface area (Å²) in [5.41, 5.74) is 3.95. The Kier molecular flexibility index (Phi) is 5.12. The summed E-state index contributed by atoms with van der Waals surface area (Å²) in [6.07, 6.45) is 4.31. The molecule has 0 radical (unpaired) electrons. The van der Waals surface area contributed by atoms with Gasteiger partial charge < -0.3 is 13.9 Å². The van der Waals surface area contributed by atoms with Crippen molar-refractivity contribution in [1.82, 2.24) is 0 Å². The second kappa shape index (κ2) is 7.48. The summed E-state index contributed by atoms with van der Waals surface area (Å²) in [6, 6.07) is 11.0.